The number of hydrogen-bond acceptors (Lipinski definition) is 5. The van der Waals surface area contributed by atoms with Gasteiger partial charge in [0.25, 0.3) is 5.91 Å². The molecular weight excluding hydrogens is 322 g/mol. The van der Waals surface area contributed by atoms with Crippen molar-refractivity contribution in [3.63, 3.8) is 0 Å². The number of rotatable bonds is 9. The van der Waals surface area contributed by atoms with Gasteiger partial charge in [-0.1, -0.05) is 13.0 Å². The number of nitrogens with one attached hydrogen (secondary N) is 3. The fourth-order valence-corrected chi connectivity index (χ4v) is 2.11. The minimum atomic E-state index is -3.35. The minimum Gasteiger partial charge on any atom is -0.484 e. The summed E-state index contributed by atoms with van der Waals surface area (Å²) in [5, 5.41) is 5.13. The van der Waals surface area contributed by atoms with Crippen LogP contribution in [0, 0.1) is 0 Å². The Morgan fingerprint density at radius 2 is 1.96 bits per heavy atom. The Hall–Kier alpha value is -2.13. The first-order valence-corrected chi connectivity index (χ1v) is 8.72. The third-order valence-corrected chi connectivity index (χ3v) is 4.18. The van der Waals surface area contributed by atoms with Gasteiger partial charge < -0.3 is 15.4 Å². The summed E-state index contributed by atoms with van der Waals surface area (Å²) < 4.78 is 29.8. The largest absolute Gasteiger partial charge is 0.484 e. The molecule has 1 aromatic carbocycles. The molecule has 0 aromatic heterocycles. The molecule has 0 aliphatic heterocycles. The summed E-state index contributed by atoms with van der Waals surface area (Å²) >= 11 is 0. The number of benzene rings is 1. The normalized spacial score (nSPS) is 10.9. The summed E-state index contributed by atoms with van der Waals surface area (Å²) in [6.07, 6.45) is 0.364. The van der Waals surface area contributed by atoms with E-state index in [-0.39, 0.29) is 24.8 Å². The molecule has 0 unspecified atom stereocenters. The molecule has 0 atom stereocenters. The van der Waals surface area contributed by atoms with E-state index in [1.165, 1.54) is 7.05 Å². The van der Waals surface area contributed by atoms with Crippen LogP contribution in [0.3, 0.4) is 0 Å². The lowest BCUT2D eigenvalue weighted by Gasteiger charge is -2.09. The highest BCUT2D eigenvalue weighted by atomic mass is 32.2. The summed E-state index contributed by atoms with van der Waals surface area (Å²) in [6, 6.07) is 6.66. The fraction of sp³-hybridized carbons (Fsp3) is 0.429. The summed E-state index contributed by atoms with van der Waals surface area (Å²) in [6.45, 7) is 1.50. The van der Waals surface area contributed by atoms with Crippen LogP contribution >= 0.6 is 0 Å². The standard InChI is InChI=1S/C14H21N3O5S/c1-3-13(18)17-11-5-4-6-12(9-11)22-10-14(19)16-7-8-23(20,21)15-2/h4-6,9,15H,3,7-8,10H2,1-2H3,(H,16,19)(H,17,18). The van der Waals surface area contributed by atoms with E-state index in [2.05, 4.69) is 15.4 Å². The van der Waals surface area contributed by atoms with Crippen LogP contribution in [-0.4, -0.2) is 46.2 Å². The number of sulfonamides is 1. The van der Waals surface area contributed by atoms with Crippen LogP contribution in [0.1, 0.15) is 13.3 Å². The lowest BCUT2D eigenvalue weighted by atomic mass is 10.3. The SMILES string of the molecule is CCC(=O)Nc1cccc(OCC(=O)NCCS(=O)(=O)NC)c1. The number of hydrogen-bond donors (Lipinski definition) is 3. The van der Waals surface area contributed by atoms with E-state index in [4.69, 9.17) is 4.74 Å². The highest BCUT2D eigenvalue weighted by Gasteiger charge is 2.08. The Bertz CT molecular complexity index is 646. The first-order valence-electron chi connectivity index (χ1n) is 7.07. The molecule has 0 saturated carbocycles. The average Bonchev–Trinajstić information content (AvgIpc) is 2.53. The van der Waals surface area contributed by atoms with Gasteiger partial charge in [-0.15, -0.1) is 0 Å². The molecule has 0 radical (unpaired) electrons. The molecular formula is C14H21N3O5S. The smallest absolute Gasteiger partial charge is 0.257 e. The van der Waals surface area contributed by atoms with Gasteiger partial charge in [0.1, 0.15) is 5.75 Å². The van der Waals surface area contributed by atoms with Gasteiger partial charge >= 0.3 is 0 Å². The molecule has 0 fully saturated rings. The Morgan fingerprint density at radius 3 is 2.61 bits per heavy atom. The van der Waals surface area contributed by atoms with Crippen LogP contribution in [0.15, 0.2) is 24.3 Å². The molecule has 128 valence electrons. The van der Waals surface area contributed by atoms with Gasteiger partial charge in [-0.05, 0) is 19.2 Å². The van der Waals surface area contributed by atoms with Gasteiger partial charge in [0, 0.05) is 24.7 Å². The molecule has 0 saturated heterocycles. The van der Waals surface area contributed by atoms with Crippen molar-refractivity contribution in [3.8, 4) is 5.75 Å². The maximum atomic E-state index is 11.6. The Kier molecular flexibility index (Phi) is 7.49. The van der Waals surface area contributed by atoms with Crippen molar-refractivity contribution >= 4 is 27.5 Å². The molecule has 0 aliphatic carbocycles. The molecule has 9 heteroatoms. The van der Waals surface area contributed by atoms with Crippen molar-refractivity contribution in [1.29, 1.82) is 0 Å². The number of ether oxygens (including phenoxy) is 1. The second-order valence-electron chi connectivity index (χ2n) is 4.59. The van der Waals surface area contributed by atoms with Gasteiger partial charge in [0.2, 0.25) is 15.9 Å². The molecule has 0 heterocycles. The number of anilines is 1. The maximum absolute atomic E-state index is 11.6. The monoisotopic (exact) mass is 343 g/mol. The highest BCUT2D eigenvalue weighted by molar-refractivity contribution is 7.89. The molecule has 23 heavy (non-hydrogen) atoms. The van der Waals surface area contributed by atoms with Gasteiger partial charge in [-0.2, -0.15) is 0 Å². The van der Waals surface area contributed by atoms with E-state index < -0.39 is 15.9 Å². The Balaban J connectivity index is 2.41. The van der Waals surface area contributed by atoms with Gasteiger partial charge in [-0.25, -0.2) is 13.1 Å². The van der Waals surface area contributed by atoms with E-state index in [9.17, 15) is 18.0 Å². The molecule has 0 spiro atoms. The van der Waals surface area contributed by atoms with Crippen molar-refractivity contribution in [2.24, 2.45) is 0 Å². The second kappa shape index (κ2) is 9.11. The zero-order chi connectivity index (χ0) is 17.3. The van der Waals surface area contributed by atoms with E-state index in [1.807, 2.05) is 0 Å². The molecule has 0 bridgehead atoms. The third-order valence-electron chi connectivity index (χ3n) is 2.81. The number of amides is 2. The Morgan fingerprint density at radius 1 is 1.22 bits per heavy atom. The topological polar surface area (TPSA) is 114 Å². The fourth-order valence-electron chi connectivity index (χ4n) is 1.54. The van der Waals surface area contributed by atoms with Gasteiger partial charge in [0.15, 0.2) is 6.61 Å². The van der Waals surface area contributed by atoms with Crippen LogP contribution in [0.25, 0.3) is 0 Å². The highest BCUT2D eigenvalue weighted by Crippen LogP contribution is 2.17. The third kappa shape index (κ3) is 7.61. The van der Waals surface area contributed by atoms with Crippen LogP contribution in [0.2, 0.25) is 0 Å². The molecule has 2 amide bonds. The van der Waals surface area contributed by atoms with Crippen molar-refractivity contribution in [3.05, 3.63) is 24.3 Å². The summed E-state index contributed by atoms with van der Waals surface area (Å²) in [4.78, 5) is 22.9. The number of carbonyl (C=O) groups is 2. The zero-order valence-electron chi connectivity index (χ0n) is 13.1. The maximum Gasteiger partial charge on any atom is 0.257 e. The first kappa shape index (κ1) is 18.9. The van der Waals surface area contributed by atoms with Crippen molar-refractivity contribution in [2.75, 3.05) is 31.3 Å². The molecule has 0 aliphatic rings. The van der Waals surface area contributed by atoms with E-state index in [0.29, 0.717) is 17.9 Å². The van der Waals surface area contributed by atoms with E-state index in [1.54, 1.807) is 31.2 Å². The average molecular weight is 343 g/mol. The van der Waals surface area contributed by atoms with Gasteiger partial charge in [0.05, 0.1) is 5.75 Å². The quantitative estimate of drug-likeness (QED) is 0.587. The first-order chi connectivity index (χ1) is 10.9. The summed E-state index contributed by atoms with van der Waals surface area (Å²) in [5.41, 5.74) is 0.579. The molecule has 3 N–H and O–H groups in total. The predicted molar refractivity (Wildman–Crippen MR) is 86.7 cm³/mol. The van der Waals surface area contributed by atoms with Crippen molar-refractivity contribution in [2.45, 2.75) is 13.3 Å². The molecule has 8 nitrogen and oxygen atoms in total. The number of carbonyl (C=O) groups excluding carboxylic acids is 2. The zero-order valence-corrected chi connectivity index (χ0v) is 13.9. The van der Waals surface area contributed by atoms with E-state index in [0.717, 1.165) is 0 Å². The lowest BCUT2D eigenvalue weighted by molar-refractivity contribution is -0.123. The van der Waals surface area contributed by atoms with Crippen LogP contribution in [-0.2, 0) is 19.6 Å². The van der Waals surface area contributed by atoms with Crippen molar-refractivity contribution in [1.82, 2.24) is 10.0 Å². The minimum absolute atomic E-state index is 0.00202. The lowest BCUT2D eigenvalue weighted by Crippen LogP contribution is -2.35. The second-order valence-corrected chi connectivity index (χ2v) is 6.64. The summed E-state index contributed by atoms with van der Waals surface area (Å²) in [7, 11) is -2.04. The van der Waals surface area contributed by atoms with Crippen molar-refractivity contribution < 1.29 is 22.7 Å². The van der Waals surface area contributed by atoms with Crippen LogP contribution in [0.5, 0.6) is 5.75 Å². The summed E-state index contributed by atoms with van der Waals surface area (Å²) in [5.74, 6) is -0.324. The predicted octanol–water partition coefficient (Wildman–Crippen LogP) is 0.0793. The van der Waals surface area contributed by atoms with Gasteiger partial charge in [-0.3, -0.25) is 9.59 Å². The van der Waals surface area contributed by atoms with Crippen LogP contribution in [0.4, 0.5) is 5.69 Å². The van der Waals surface area contributed by atoms with Crippen LogP contribution < -0.4 is 20.1 Å². The van der Waals surface area contributed by atoms with E-state index >= 15 is 0 Å². The molecule has 1 rings (SSSR count). The molecule has 1 aromatic rings. The Labute approximate surface area is 135 Å².